The number of benzene rings is 1. The SMILES string of the molecule is CCNC(Cc1ccc(F)cc1C)c1ccc(Br)o1. The summed E-state index contributed by atoms with van der Waals surface area (Å²) in [5.74, 6) is 0.694. The van der Waals surface area contributed by atoms with Crippen molar-refractivity contribution in [3.8, 4) is 0 Å². The van der Waals surface area contributed by atoms with Gasteiger partial charge in [-0.1, -0.05) is 13.0 Å². The predicted molar refractivity (Wildman–Crippen MR) is 77.7 cm³/mol. The molecule has 0 aliphatic rings. The fourth-order valence-corrected chi connectivity index (χ4v) is 2.46. The van der Waals surface area contributed by atoms with E-state index in [0.29, 0.717) is 0 Å². The van der Waals surface area contributed by atoms with Crippen molar-refractivity contribution in [2.45, 2.75) is 26.3 Å². The highest BCUT2D eigenvalue weighted by atomic mass is 79.9. The molecule has 1 aromatic heterocycles. The van der Waals surface area contributed by atoms with Crippen molar-refractivity contribution in [2.24, 2.45) is 0 Å². The lowest BCUT2D eigenvalue weighted by Gasteiger charge is -2.17. The smallest absolute Gasteiger partial charge is 0.169 e. The number of aryl methyl sites for hydroxylation is 1. The highest BCUT2D eigenvalue weighted by Gasteiger charge is 2.16. The van der Waals surface area contributed by atoms with Crippen molar-refractivity contribution < 1.29 is 8.81 Å². The molecule has 0 bridgehead atoms. The predicted octanol–water partition coefficient (Wildman–Crippen LogP) is 4.38. The summed E-state index contributed by atoms with van der Waals surface area (Å²) in [6.07, 6.45) is 0.778. The van der Waals surface area contributed by atoms with E-state index in [1.54, 1.807) is 6.07 Å². The lowest BCUT2D eigenvalue weighted by atomic mass is 9.99. The Balaban J connectivity index is 2.21. The van der Waals surface area contributed by atoms with E-state index in [9.17, 15) is 4.39 Å². The Hall–Kier alpha value is -1.13. The first-order valence-electron chi connectivity index (χ1n) is 6.33. The van der Waals surface area contributed by atoms with E-state index in [0.717, 1.165) is 34.5 Å². The second-order valence-electron chi connectivity index (χ2n) is 4.53. The van der Waals surface area contributed by atoms with Crippen LogP contribution in [0, 0.1) is 12.7 Å². The number of hydrogen-bond donors (Lipinski definition) is 1. The molecule has 1 N–H and O–H groups in total. The Morgan fingerprint density at radius 1 is 1.32 bits per heavy atom. The average Bonchev–Trinajstić information content (AvgIpc) is 2.78. The van der Waals surface area contributed by atoms with Crippen LogP contribution in [-0.2, 0) is 6.42 Å². The van der Waals surface area contributed by atoms with Gasteiger partial charge in [-0.3, -0.25) is 0 Å². The summed E-state index contributed by atoms with van der Waals surface area (Å²) in [6, 6.07) is 8.85. The van der Waals surface area contributed by atoms with Gasteiger partial charge in [0.2, 0.25) is 0 Å². The number of halogens is 2. The van der Waals surface area contributed by atoms with Crippen LogP contribution in [0.3, 0.4) is 0 Å². The maximum Gasteiger partial charge on any atom is 0.169 e. The summed E-state index contributed by atoms with van der Waals surface area (Å²) in [6.45, 7) is 4.84. The normalized spacial score (nSPS) is 12.6. The Bertz CT molecular complexity index is 553. The highest BCUT2D eigenvalue weighted by molar-refractivity contribution is 9.10. The van der Waals surface area contributed by atoms with Gasteiger partial charge in [-0.25, -0.2) is 4.39 Å². The molecule has 1 unspecified atom stereocenters. The number of hydrogen-bond acceptors (Lipinski definition) is 2. The first-order valence-corrected chi connectivity index (χ1v) is 7.13. The van der Waals surface area contributed by atoms with Gasteiger partial charge in [0.25, 0.3) is 0 Å². The van der Waals surface area contributed by atoms with Crippen molar-refractivity contribution in [3.05, 3.63) is 57.7 Å². The molecule has 0 fully saturated rings. The number of likely N-dealkylation sites (N-methyl/N-ethyl adjacent to an activating group) is 1. The summed E-state index contributed by atoms with van der Waals surface area (Å²) < 4.78 is 19.5. The molecule has 0 saturated heterocycles. The van der Waals surface area contributed by atoms with Gasteiger partial charge >= 0.3 is 0 Å². The van der Waals surface area contributed by atoms with E-state index in [2.05, 4.69) is 28.2 Å². The Kier molecular flexibility index (Phi) is 4.77. The number of furan rings is 1. The van der Waals surface area contributed by atoms with E-state index < -0.39 is 0 Å². The molecular weight excluding hydrogens is 309 g/mol. The fraction of sp³-hybridized carbons (Fsp3) is 0.333. The summed E-state index contributed by atoms with van der Waals surface area (Å²) in [4.78, 5) is 0. The average molecular weight is 326 g/mol. The minimum Gasteiger partial charge on any atom is -0.453 e. The van der Waals surface area contributed by atoms with Gasteiger partial charge in [0, 0.05) is 0 Å². The zero-order valence-corrected chi connectivity index (χ0v) is 12.6. The lowest BCUT2D eigenvalue weighted by molar-refractivity contribution is 0.405. The van der Waals surface area contributed by atoms with Crippen molar-refractivity contribution in [2.75, 3.05) is 6.54 Å². The van der Waals surface area contributed by atoms with Crippen LogP contribution in [0.2, 0.25) is 0 Å². The molecular formula is C15H17BrFNO. The van der Waals surface area contributed by atoms with Gasteiger partial charge in [-0.2, -0.15) is 0 Å². The van der Waals surface area contributed by atoms with E-state index in [4.69, 9.17) is 4.42 Å². The van der Waals surface area contributed by atoms with Gasteiger partial charge in [-0.05, 0) is 71.2 Å². The van der Waals surface area contributed by atoms with E-state index in [1.807, 2.05) is 25.1 Å². The molecule has 0 aliphatic carbocycles. The third kappa shape index (κ3) is 3.67. The molecule has 0 amide bonds. The molecule has 0 radical (unpaired) electrons. The molecule has 102 valence electrons. The third-order valence-electron chi connectivity index (χ3n) is 3.12. The molecule has 1 aromatic carbocycles. The second-order valence-corrected chi connectivity index (χ2v) is 5.31. The molecule has 0 spiro atoms. The van der Waals surface area contributed by atoms with Crippen LogP contribution in [0.15, 0.2) is 39.4 Å². The Morgan fingerprint density at radius 3 is 2.68 bits per heavy atom. The quantitative estimate of drug-likeness (QED) is 0.882. The summed E-state index contributed by atoms with van der Waals surface area (Å²) in [5.41, 5.74) is 2.09. The number of nitrogens with one attached hydrogen (secondary N) is 1. The highest BCUT2D eigenvalue weighted by Crippen LogP contribution is 2.25. The summed E-state index contributed by atoms with van der Waals surface area (Å²) in [7, 11) is 0. The van der Waals surface area contributed by atoms with Gasteiger partial charge in [0.15, 0.2) is 4.67 Å². The first kappa shape index (κ1) is 14.3. The van der Waals surface area contributed by atoms with Crippen LogP contribution in [-0.4, -0.2) is 6.54 Å². The monoisotopic (exact) mass is 325 g/mol. The lowest BCUT2D eigenvalue weighted by Crippen LogP contribution is -2.22. The van der Waals surface area contributed by atoms with Gasteiger partial charge in [0.05, 0.1) is 6.04 Å². The van der Waals surface area contributed by atoms with Crippen LogP contribution >= 0.6 is 15.9 Å². The molecule has 1 atom stereocenters. The fourth-order valence-electron chi connectivity index (χ4n) is 2.14. The molecule has 2 nitrogen and oxygen atoms in total. The molecule has 2 aromatic rings. The van der Waals surface area contributed by atoms with E-state index in [1.165, 1.54) is 6.07 Å². The van der Waals surface area contributed by atoms with Crippen molar-refractivity contribution >= 4 is 15.9 Å². The molecule has 19 heavy (non-hydrogen) atoms. The Labute approximate surface area is 121 Å². The van der Waals surface area contributed by atoms with Crippen LogP contribution in [0.5, 0.6) is 0 Å². The summed E-state index contributed by atoms with van der Waals surface area (Å²) in [5, 5.41) is 3.39. The third-order valence-corrected chi connectivity index (χ3v) is 3.54. The van der Waals surface area contributed by atoms with Crippen LogP contribution in [0.4, 0.5) is 4.39 Å². The minimum atomic E-state index is -0.193. The van der Waals surface area contributed by atoms with Gasteiger partial charge in [0.1, 0.15) is 11.6 Å². The van der Waals surface area contributed by atoms with E-state index >= 15 is 0 Å². The molecule has 0 saturated carbocycles. The zero-order valence-electron chi connectivity index (χ0n) is 11.0. The Morgan fingerprint density at radius 2 is 2.11 bits per heavy atom. The maximum atomic E-state index is 13.1. The van der Waals surface area contributed by atoms with Crippen molar-refractivity contribution in [1.29, 1.82) is 0 Å². The number of rotatable bonds is 5. The van der Waals surface area contributed by atoms with Crippen molar-refractivity contribution in [1.82, 2.24) is 5.32 Å². The van der Waals surface area contributed by atoms with Crippen LogP contribution < -0.4 is 5.32 Å². The van der Waals surface area contributed by atoms with Crippen molar-refractivity contribution in [3.63, 3.8) is 0 Å². The second kappa shape index (κ2) is 6.35. The largest absolute Gasteiger partial charge is 0.453 e. The molecule has 4 heteroatoms. The topological polar surface area (TPSA) is 25.2 Å². The summed E-state index contributed by atoms with van der Waals surface area (Å²) >= 11 is 3.32. The minimum absolute atomic E-state index is 0.0976. The molecule has 1 heterocycles. The standard InChI is InChI=1S/C15H17BrFNO/c1-3-18-13(14-6-7-15(16)19-14)9-11-4-5-12(17)8-10(11)2/h4-8,13,18H,3,9H2,1-2H3. The van der Waals surface area contributed by atoms with Gasteiger partial charge in [-0.15, -0.1) is 0 Å². The first-order chi connectivity index (χ1) is 9.10. The van der Waals surface area contributed by atoms with Crippen LogP contribution in [0.1, 0.15) is 29.9 Å². The zero-order chi connectivity index (χ0) is 13.8. The molecule has 2 rings (SSSR count). The van der Waals surface area contributed by atoms with Gasteiger partial charge < -0.3 is 9.73 Å². The van der Waals surface area contributed by atoms with Crippen LogP contribution in [0.25, 0.3) is 0 Å². The van der Waals surface area contributed by atoms with E-state index in [-0.39, 0.29) is 11.9 Å². The maximum absolute atomic E-state index is 13.1. The molecule has 0 aliphatic heterocycles.